The summed E-state index contributed by atoms with van der Waals surface area (Å²) in [4.78, 5) is 15.9. The lowest BCUT2D eigenvalue weighted by Crippen LogP contribution is -2.29. The van der Waals surface area contributed by atoms with Gasteiger partial charge in [-0.3, -0.25) is 9.63 Å². The van der Waals surface area contributed by atoms with Crippen LogP contribution >= 0.6 is 0 Å². The molecule has 0 aromatic rings. The summed E-state index contributed by atoms with van der Waals surface area (Å²) in [7, 11) is 0. The first-order valence-corrected chi connectivity index (χ1v) is 5.44. The summed E-state index contributed by atoms with van der Waals surface area (Å²) in [6.07, 6.45) is 4.12. The van der Waals surface area contributed by atoms with Crippen molar-refractivity contribution in [3.63, 3.8) is 0 Å². The second-order valence-corrected chi connectivity index (χ2v) is 3.77. The fourth-order valence-electron chi connectivity index (χ4n) is 1.16. The molecule has 1 aliphatic rings. The number of hydrogen-bond donors (Lipinski definition) is 2. The maximum absolute atomic E-state index is 10.9. The van der Waals surface area contributed by atoms with Gasteiger partial charge in [0.15, 0.2) is 0 Å². The van der Waals surface area contributed by atoms with Crippen LogP contribution in [-0.2, 0) is 9.63 Å². The summed E-state index contributed by atoms with van der Waals surface area (Å²) in [5.74, 6) is 0.861. The zero-order chi connectivity index (χ0) is 10.2. The van der Waals surface area contributed by atoms with Gasteiger partial charge in [-0.05, 0) is 31.7 Å². The highest BCUT2D eigenvalue weighted by molar-refractivity contribution is 5.74. The standard InChI is InChI=1S/C10H20N2O2/c1-2-3-10(13)12-14-7-6-11-8-9-4-5-9/h9,11H,2-8H2,1H3,(H,12,13). The molecule has 1 saturated carbocycles. The van der Waals surface area contributed by atoms with Gasteiger partial charge in [0, 0.05) is 13.0 Å². The molecule has 14 heavy (non-hydrogen) atoms. The molecular formula is C10H20N2O2. The molecular weight excluding hydrogens is 180 g/mol. The van der Waals surface area contributed by atoms with Crippen LogP contribution in [0.4, 0.5) is 0 Å². The lowest BCUT2D eigenvalue weighted by atomic mass is 10.3. The Morgan fingerprint density at radius 2 is 2.29 bits per heavy atom. The maximum atomic E-state index is 10.9. The number of carbonyl (C=O) groups is 1. The third kappa shape index (κ3) is 5.94. The number of hydroxylamine groups is 1. The van der Waals surface area contributed by atoms with Crippen molar-refractivity contribution in [2.24, 2.45) is 5.92 Å². The fourth-order valence-corrected chi connectivity index (χ4v) is 1.16. The second-order valence-electron chi connectivity index (χ2n) is 3.77. The average Bonchev–Trinajstić information content (AvgIpc) is 2.95. The predicted octanol–water partition coefficient (Wildman–Crippen LogP) is 0.834. The van der Waals surface area contributed by atoms with E-state index in [1.807, 2.05) is 6.92 Å². The molecule has 0 saturated heterocycles. The smallest absolute Gasteiger partial charge is 0.243 e. The predicted molar refractivity (Wildman–Crippen MR) is 54.6 cm³/mol. The van der Waals surface area contributed by atoms with Gasteiger partial charge in [0.1, 0.15) is 0 Å². The largest absolute Gasteiger partial charge is 0.314 e. The van der Waals surface area contributed by atoms with Crippen molar-refractivity contribution in [3.8, 4) is 0 Å². The minimum absolute atomic E-state index is 0.0327. The first-order chi connectivity index (χ1) is 6.83. The lowest BCUT2D eigenvalue weighted by molar-refractivity contribution is -0.133. The van der Waals surface area contributed by atoms with E-state index < -0.39 is 0 Å². The Bertz CT molecular complexity index is 170. The molecule has 82 valence electrons. The van der Waals surface area contributed by atoms with Crippen molar-refractivity contribution < 1.29 is 9.63 Å². The summed E-state index contributed by atoms with van der Waals surface area (Å²) < 4.78 is 0. The minimum Gasteiger partial charge on any atom is -0.314 e. The first-order valence-electron chi connectivity index (χ1n) is 5.44. The van der Waals surface area contributed by atoms with Gasteiger partial charge in [0.2, 0.25) is 5.91 Å². The number of hydrogen-bond acceptors (Lipinski definition) is 3. The SMILES string of the molecule is CCCC(=O)NOCCNCC1CC1. The van der Waals surface area contributed by atoms with Crippen molar-refractivity contribution in [2.75, 3.05) is 19.7 Å². The summed E-state index contributed by atoms with van der Waals surface area (Å²) >= 11 is 0. The van der Waals surface area contributed by atoms with Crippen LogP contribution in [0.1, 0.15) is 32.6 Å². The molecule has 1 aliphatic carbocycles. The van der Waals surface area contributed by atoms with Gasteiger partial charge < -0.3 is 5.32 Å². The summed E-state index contributed by atoms with van der Waals surface area (Å²) in [6, 6.07) is 0. The normalized spacial score (nSPS) is 15.5. The highest BCUT2D eigenvalue weighted by atomic mass is 16.6. The molecule has 1 rings (SSSR count). The van der Waals surface area contributed by atoms with E-state index in [-0.39, 0.29) is 5.91 Å². The van der Waals surface area contributed by atoms with E-state index >= 15 is 0 Å². The Labute approximate surface area is 85.3 Å². The molecule has 1 fully saturated rings. The Hall–Kier alpha value is -0.610. The summed E-state index contributed by atoms with van der Waals surface area (Å²) in [5, 5.41) is 3.28. The van der Waals surface area contributed by atoms with Crippen molar-refractivity contribution in [1.29, 1.82) is 0 Å². The Morgan fingerprint density at radius 1 is 1.50 bits per heavy atom. The molecule has 0 aliphatic heterocycles. The van der Waals surface area contributed by atoms with E-state index in [1.54, 1.807) is 0 Å². The van der Waals surface area contributed by atoms with Crippen LogP contribution in [0.2, 0.25) is 0 Å². The van der Waals surface area contributed by atoms with Crippen molar-refractivity contribution in [2.45, 2.75) is 32.6 Å². The molecule has 4 nitrogen and oxygen atoms in total. The molecule has 0 radical (unpaired) electrons. The molecule has 0 bridgehead atoms. The van der Waals surface area contributed by atoms with E-state index in [0.29, 0.717) is 13.0 Å². The molecule has 0 spiro atoms. The van der Waals surface area contributed by atoms with Crippen molar-refractivity contribution in [1.82, 2.24) is 10.8 Å². The monoisotopic (exact) mass is 200 g/mol. The van der Waals surface area contributed by atoms with Gasteiger partial charge in [-0.2, -0.15) is 0 Å². The third-order valence-corrected chi connectivity index (χ3v) is 2.17. The van der Waals surface area contributed by atoms with Crippen LogP contribution in [-0.4, -0.2) is 25.6 Å². The summed E-state index contributed by atoms with van der Waals surface area (Å²) in [6.45, 7) is 4.41. The van der Waals surface area contributed by atoms with Crippen molar-refractivity contribution >= 4 is 5.91 Å². The molecule has 4 heteroatoms. The van der Waals surface area contributed by atoms with Gasteiger partial charge >= 0.3 is 0 Å². The van der Waals surface area contributed by atoms with E-state index in [2.05, 4.69) is 10.8 Å². The van der Waals surface area contributed by atoms with E-state index in [9.17, 15) is 4.79 Å². The fraction of sp³-hybridized carbons (Fsp3) is 0.900. The quantitative estimate of drug-likeness (QED) is 0.451. The van der Waals surface area contributed by atoms with E-state index in [0.717, 1.165) is 25.4 Å². The molecule has 1 amide bonds. The van der Waals surface area contributed by atoms with E-state index in [4.69, 9.17) is 4.84 Å². The van der Waals surface area contributed by atoms with E-state index in [1.165, 1.54) is 12.8 Å². The average molecular weight is 200 g/mol. The third-order valence-electron chi connectivity index (χ3n) is 2.17. The molecule has 0 atom stereocenters. The number of amides is 1. The van der Waals surface area contributed by atoms with Gasteiger partial charge in [-0.25, -0.2) is 5.48 Å². The zero-order valence-electron chi connectivity index (χ0n) is 8.84. The second kappa shape index (κ2) is 6.79. The molecule has 0 unspecified atom stereocenters. The first kappa shape index (κ1) is 11.5. The highest BCUT2D eigenvalue weighted by Gasteiger charge is 2.19. The Morgan fingerprint density at radius 3 is 2.93 bits per heavy atom. The van der Waals surface area contributed by atoms with Crippen molar-refractivity contribution in [3.05, 3.63) is 0 Å². The zero-order valence-corrected chi connectivity index (χ0v) is 8.84. The molecule has 2 N–H and O–H groups in total. The van der Waals surface area contributed by atoms with Crippen LogP contribution in [0.5, 0.6) is 0 Å². The highest BCUT2D eigenvalue weighted by Crippen LogP contribution is 2.27. The van der Waals surface area contributed by atoms with Crippen LogP contribution in [0.3, 0.4) is 0 Å². The number of nitrogens with one attached hydrogen (secondary N) is 2. The van der Waals surface area contributed by atoms with Gasteiger partial charge in [-0.15, -0.1) is 0 Å². The lowest BCUT2D eigenvalue weighted by Gasteiger charge is -2.05. The topological polar surface area (TPSA) is 50.4 Å². The number of carbonyl (C=O) groups excluding carboxylic acids is 1. The van der Waals surface area contributed by atoms with Crippen LogP contribution in [0.15, 0.2) is 0 Å². The maximum Gasteiger partial charge on any atom is 0.243 e. The van der Waals surface area contributed by atoms with Gasteiger partial charge in [-0.1, -0.05) is 6.92 Å². The minimum atomic E-state index is -0.0327. The molecule has 0 aromatic heterocycles. The van der Waals surface area contributed by atoms with Crippen LogP contribution in [0.25, 0.3) is 0 Å². The van der Waals surface area contributed by atoms with Crippen LogP contribution in [0, 0.1) is 5.92 Å². The molecule has 0 heterocycles. The Kier molecular flexibility index (Phi) is 5.56. The van der Waals surface area contributed by atoms with Crippen LogP contribution < -0.4 is 10.8 Å². The summed E-state index contributed by atoms with van der Waals surface area (Å²) in [5.41, 5.74) is 2.41. The van der Waals surface area contributed by atoms with Gasteiger partial charge in [0.25, 0.3) is 0 Å². The Balaban J connectivity index is 1.76. The molecule has 0 aromatic carbocycles. The van der Waals surface area contributed by atoms with Gasteiger partial charge in [0.05, 0.1) is 6.61 Å². The number of rotatable bonds is 8.